The van der Waals surface area contributed by atoms with Crippen molar-refractivity contribution in [2.24, 2.45) is 0 Å². The fourth-order valence-electron chi connectivity index (χ4n) is 3.01. The molecule has 1 saturated heterocycles. The molecule has 1 aliphatic rings. The Morgan fingerprint density at radius 2 is 2.04 bits per heavy atom. The number of rotatable bonds is 5. The first kappa shape index (κ1) is 17.6. The molecular formula is C19H24FN3O2. The van der Waals surface area contributed by atoms with E-state index in [1.165, 1.54) is 6.07 Å². The predicted octanol–water partition coefficient (Wildman–Crippen LogP) is 2.87. The lowest BCUT2D eigenvalue weighted by Gasteiger charge is -2.37. The Morgan fingerprint density at radius 1 is 1.28 bits per heavy atom. The van der Waals surface area contributed by atoms with Crippen molar-refractivity contribution in [2.75, 3.05) is 31.5 Å². The van der Waals surface area contributed by atoms with Gasteiger partial charge in [-0.05, 0) is 43.7 Å². The molecule has 0 bridgehead atoms. The van der Waals surface area contributed by atoms with Crippen LogP contribution in [0.2, 0.25) is 0 Å². The van der Waals surface area contributed by atoms with Crippen LogP contribution in [0.25, 0.3) is 0 Å². The minimum absolute atomic E-state index is 0.109. The van der Waals surface area contributed by atoms with Crippen LogP contribution in [0.5, 0.6) is 0 Å². The number of piperazine rings is 1. The third kappa shape index (κ3) is 4.46. The van der Waals surface area contributed by atoms with Gasteiger partial charge in [0.25, 0.3) is 0 Å². The van der Waals surface area contributed by atoms with Crippen molar-refractivity contribution in [3.05, 3.63) is 53.7 Å². The molecule has 134 valence electrons. The molecule has 0 unspecified atom stereocenters. The summed E-state index contributed by atoms with van der Waals surface area (Å²) < 4.78 is 19.0. The highest BCUT2D eigenvalue weighted by Gasteiger charge is 2.26. The largest absolute Gasteiger partial charge is 0.468 e. The number of carbonyl (C=O) groups excluding carboxylic acids is 1. The molecule has 1 aromatic carbocycles. The topological polar surface area (TPSA) is 48.7 Å². The molecule has 2 aromatic rings. The number of furan rings is 1. The van der Waals surface area contributed by atoms with Gasteiger partial charge in [0, 0.05) is 31.9 Å². The number of aryl methyl sites for hydroxylation is 1. The highest BCUT2D eigenvalue weighted by Crippen LogP contribution is 2.16. The molecule has 3 rings (SSSR count). The molecule has 0 saturated carbocycles. The Balaban J connectivity index is 1.50. The van der Waals surface area contributed by atoms with Gasteiger partial charge in [-0.25, -0.2) is 4.39 Å². The molecule has 0 radical (unpaired) electrons. The molecule has 0 spiro atoms. The average Bonchev–Trinajstić information content (AvgIpc) is 3.11. The summed E-state index contributed by atoms with van der Waals surface area (Å²) in [5.74, 6) is 0.542. The molecule has 1 N–H and O–H groups in total. The lowest BCUT2D eigenvalue weighted by atomic mass is 10.2. The van der Waals surface area contributed by atoms with Gasteiger partial charge < -0.3 is 9.73 Å². The zero-order valence-corrected chi connectivity index (χ0v) is 14.7. The smallest absolute Gasteiger partial charge is 0.241 e. The predicted molar refractivity (Wildman–Crippen MR) is 94.8 cm³/mol. The van der Waals surface area contributed by atoms with Gasteiger partial charge in [-0.3, -0.25) is 14.6 Å². The summed E-state index contributed by atoms with van der Waals surface area (Å²) in [6.45, 7) is 7.79. The Hall–Kier alpha value is -2.18. The number of hydrogen-bond acceptors (Lipinski definition) is 4. The summed E-state index contributed by atoms with van der Waals surface area (Å²) in [6.07, 6.45) is 1.69. The van der Waals surface area contributed by atoms with Crippen molar-refractivity contribution in [3.8, 4) is 0 Å². The molecule has 1 atom stereocenters. The first-order valence-corrected chi connectivity index (χ1v) is 8.59. The van der Waals surface area contributed by atoms with E-state index >= 15 is 0 Å². The molecular weight excluding hydrogens is 321 g/mol. The summed E-state index contributed by atoms with van der Waals surface area (Å²) in [5.41, 5.74) is 1.06. The maximum atomic E-state index is 13.6. The Bertz CT molecular complexity index is 709. The van der Waals surface area contributed by atoms with E-state index in [0.29, 0.717) is 11.3 Å². The van der Waals surface area contributed by atoms with E-state index in [1.807, 2.05) is 19.1 Å². The van der Waals surface area contributed by atoms with Gasteiger partial charge in [0.15, 0.2) is 0 Å². The summed E-state index contributed by atoms with van der Waals surface area (Å²) in [6, 6.07) is 8.37. The lowest BCUT2D eigenvalue weighted by Crippen LogP contribution is -2.52. The van der Waals surface area contributed by atoms with Crippen molar-refractivity contribution in [2.45, 2.75) is 26.4 Å². The van der Waals surface area contributed by atoms with Crippen molar-refractivity contribution < 1.29 is 13.6 Å². The van der Waals surface area contributed by atoms with E-state index in [2.05, 4.69) is 15.1 Å². The monoisotopic (exact) mass is 345 g/mol. The summed E-state index contributed by atoms with van der Waals surface area (Å²) in [7, 11) is 0. The SMILES string of the molecule is Cc1ccc(NC(=O)[C@H](C)N2CCN(Cc3ccco3)CC2)cc1F. The van der Waals surface area contributed by atoms with Crippen molar-refractivity contribution in [1.82, 2.24) is 9.80 Å². The van der Waals surface area contributed by atoms with Crippen LogP contribution in [0.15, 0.2) is 41.0 Å². The molecule has 1 amide bonds. The van der Waals surface area contributed by atoms with E-state index in [9.17, 15) is 9.18 Å². The first-order valence-electron chi connectivity index (χ1n) is 8.59. The number of anilines is 1. The zero-order valence-electron chi connectivity index (χ0n) is 14.7. The second-order valence-electron chi connectivity index (χ2n) is 6.52. The lowest BCUT2D eigenvalue weighted by molar-refractivity contribution is -0.121. The van der Waals surface area contributed by atoms with Gasteiger partial charge in [-0.2, -0.15) is 0 Å². The van der Waals surface area contributed by atoms with Gasteiger partial charge in [-0.15, -0.1) is 0 Å². The van der Waals surface area contributed by atoms with Gasteiger partial charge >= 0.3 is 0 Å². The highest BCUT2D eigenvalue weighted by atomic mass is 19.1. The maximum absolute atomic E-state index is 13.6. The maximum Gasteiger partial charge on any atom is 0.241 e. The molecule has 6 heteroatoms. The van der Waals surface area contributed by atoms with E-state index in [0.717, 1.165) is 38.5 Å². The van der Waals surface area contributed by atoms with Crippen molar-refractivity contribution >= 4 is 11.6 Å². The second kappa shape index (κ2) is 7.80. The van der Waals surface area contributed by atoms with Gasteiger partial charge in [0.2, 0.25) is 5.91 Å². The van der Waals surface area contributed by atoms with Gasteiger partial charge in [-0.1, -0.05) is 6.07 Å². The van der Waals surface area contributed by atoms with E-state index < -0.39 is 0 Å². The molecule has 25 heavy (non-hydrogen) atoms. The molecule has 1 fully saturated rings. The standard InChI is InChI=1S/C19H24FN3O2/c1-14-5-6-16(12-18(14)20)21-19(24)15(2)23-9-7-22(8-10-23)13-17-4-3-11-25-17/h3-6,11-12,15H,7-10,13H2,1-2H3,(H,21,24)/t15-/m0/s1. The van der Waals surface area contributed by atoms with Crippen LogP contribution in [0.4, 0.5) is 10.1 Å². The number of nitrogens with one attached hydrogen (secondary N) is 1. The Morgan fingerprint density at radius 3 is 2.68 bits per heavy atom. The number of halogens is 1. The van der Waals surface area contributed by atoms with Crippen LogP contribution in [-0.4, -0.2) is 47.9 Å². The second-order valence-corrected chi connectivity index (χ2v) is 6.52. The average molecular weight is 345 g/mol. The number of amides is 1. The number of nitrogens with zero attached hydrogens (tertiary/aromatic N) is 2. The third-order valence-electron chi connectivity index (χ3n) is 4.73. The Kier molecular flexibility index (Phi) is 5.50. The molecule has 1 aliphatic heterocycles. The number of carbonyl (C=O) groups is 1. The highest BCUT2D eigenvalue weighted by molar-refractivity contribution is 5.94. The summed E-state index contributed by atoms with van der Waals surface area (Å²) in [5, 5.41) is 2.81. The normalized spacial score (nSPS) is 17.4. The quantitative estimate of drug-likeness (QED) is 0.905. The van der Waals surface area contributed by atoms with Crippen LogP contribution in [0.1, 0.15) is 18.2 Å². The van der Waals surface area contributed by atoms with Gasteiger partial charge in [0.05, 0.1) is 18.8 Å². The molecule has 0 aliphatic carbocycles. The van der Waals surface area contributed by atoms with Crippen LogP contribution in [0.3, 0.4) is 0 Å². The first-order chi connectivity index (χ1) is 12.0. The van der Waals surface area contributed by atoms with Crippen molar-refractivity contribution in [1.29, 1.82) is 0 Å². The Labute approximate surface area is 147 Å². The van der Waals surface area contributed by atoms with E-state index in [1.54, 1.807) is 25.3 Å². The van der Waals surface area contributed by atoms with Crippen LogP contribution >= 0.6 is 0 Å². The summed E-state index contributed by atoms with van der Waals surface area (Å²) >= 11 is 0. The van der Waals surface area contributed by atoms with Gasteiger partial charge in [0.1, 0.15) is 11.6 Å². The number of benzene rings is 1. The zero-order chi connectivity index (χ0) is 17.8. The summed E-state index contributed by atoms with van der Waals surface area (Å²) in [4.78, 5) is 16.9. The minimum atomic E-state index is -0.308. The van der Waals surface area contributed by atoms with Crippen LogP contribution in [0, 0.1) is 12.7 Å². The molecule has 5 nitrogen and oxygen atoms in total. The third-order valence-corrected chi connectivity index (χ3v) is 4.73. The van der Waals surface area contributed by atoms with E-state index in [-0.39, 0.29) is 17.8 Å². The number of hydrogen-bond donors (Lipinski definition) is 1. The van der Waals surface area contributed by atoms with Crippen molar-refractivity contribution in [3.63, 3.8) is 0 Å². The fourth-order valence-corrected chi connectivity index (χ4v) is 3.01. The van der Waals surface area contributed by atoms with Crippen LogP contribution < -0.4 is 5.32 Å². The minimum Gasteiger partial charge on any atom is -0.468 e. The fraction of sp³-hybridized carbons (Fsp3) is 0.421. The molecule has 1 aromatic heterocycles. The van der Waals surface area contributed by atoms with Crippen LogP contribution in [-0.2, 0) is 11.3 Å². The van der Waals surface area contributed by atoms with E-state index in [4.69, 9.17) is 4.42 Å². The molecule has 2 heterocycles.